The average Bonchev–Trinajstić information content (AvgIpc) is 2.85. The summed E-state index contributed by atoms with van der Waals surface area (Å²) in [6, 6.07) is -0.746. The first kappa shape index (κ1) is 33.8. The first-order valence-electron chi connectivity index (χ1n) is 15.4. The lowest BCUT2D eigenvalue weighted by Crippen LogP contribution is -2.45. The summed E-state index contributed by atoms with van der Waals surface area (Å²) in [5.74, 6) is 0. The van der Waals surface area contributed by atoms with E-state index in [-0.39, 0.29) is 6.61 Å². The van der Waals surface area contributed by atoms with Crippen molar-refractivity contribution in [3.63, 3.8) is 0 Å². The third-order valence-corrected chi connectivity index (χ3v) is 7.40. The van der Waals surface area contributed by atoms with Gasteiger partial charge in [0, 0.05) is 0 Å². The smallest absolute Gasteiger partial charge is 0.0971 e. The maximum atomic E-state index is 9.86. The normalized spacial score (nSPS) is 14.4. The van der Waals surface area contributed by atoms with Crippen molar-refractivity contribution in [1.29, 1.82) is 0 Å². The van der Waals surface area contributed by atoms with Gasteiger partial charge in [0.1, 0.15) is 0 Å². The standard InChI is InChI=1S/C30H63NO3/c1-2-3-4-5-6-7-8-9-10-11-12-13-14-15-16-17-18-19-20-21-22-23-24-25-26-29(33)30(34)28(31)27-32/h28-30,32-34H,2-27,31H2,1H3. The highest BCUT2D eigenvalue weighted by Gasteiger charge is 2.22. The molecule has 0 aliphatic heterocycles. The maximum Gasteiger partial charge on any atom is 0.0971 e. The number of unbranched alkanes of at least 4 members (excludes halogenated alkanes) is 23. The van der Waals surface area contributed by atoms with E-state index in [1.165, 1.54) is 141 Å². The minimum atomic E-state index is -1.02. The fraction of sp³-hybridized carbons (Fsp3) is 1.00. The van der Waals surface area contributed by atoms with Crippen molar-refractivity contribution in [3.05, 3.63) is 0 Å². The zero-order valence-electron chi connectivity index (χ0n) is 23.0. The summed E-state index contributed by atoms with van der Waals surface area (Å²) in [7, 11) is 0. The second kappa shape index (κ2) is 27.4. The number of nitrogens with two attached hydrogens (primary N) is 1. The van der Waals surface area contributed by atoms with E-state index in [0.29, 0.717) is 6.42 Å². The topological polar surface area (TPSA) is 86.7 Å². The number of hydrogen-bond acceptors (Lipinski definition) is 4. The van der Waals surface area contributed by atoms with Crippen LogP contribution in [0, 0.1) is 0 Å². The van der Waals surface area contributed by atoms with Crippen molar-refractivity contribution in [2.24, 2.45) is 5.73 Å². The van der Waals surface area contributed by atoms with E-state index in [4.69, 9.17) is 10.8 Å². The van der Waals surface area contributed by atoms with Gasteiger partial charge in [-0.05, 0) is 6.42 Å². The van der Waals surface area contributed by atoms with Gasteiger partial charge >= 0.3 is 0 Å². The van der Waals surface area contributed by atoms with E-state index in [2.05, 4.69) is 6.92 Å². The molecule has 0 bridgehead atoms. The Morgan fingerprint density at radius 2 is 0.735 bits per heavy atom. The summed E-state index contributed by atoms with van der Waals surface area (Å²) in [4.78, 5) is 0. The fourth-order valence-electron chi connectivity index (χ4n) is 4.88. The van der Waals surface area contributed by atoms with Crippen molar-refractivity contribution in [1.82, 2.24) is 0 Å². The van der Waals surface area contributed by atoms with Gasteiger partial charge in [-0.1, -0.05) is 161 Å². The molecule has 0 spiro atoms. The average molecular weight is 486 g/mol. The van der Waals surface area contributed by atoms with E-state index in [9.17, 15) is 10.2 Å². The molecular formula is C30H63NO3. The van der Waals surface area contributed by atoms with Crippen molar-refractivity contribution >= 4 is 0 Å². The van der Waals surface area contributed by atoms with Crippen LogP contribution in [-0.2, 0) is 0 Å². The van der Waals surface area contributed by atoms with Gasteiger partial charge in [0.2, 0.25) is 0 Å². The van der Waals surface area contributed by atoms with Gasteiger partial charge in [0.05, 0.1) is 24.9 Å². The summed E-state index contributed by atoms with van der Waals surface area (Å²) < 4.78 is 0. The maximum absolute atomic E-state index is 9.86. The molecule has 4 nitrogen and oxygen atoms in total. The number of aliphatic hydroxyl groups excluding tert-OH is 3. The van der Waals surface area contributed by atoms with Crippen LogP contribution in [-0.4, -0.2) is 40.2 Å². The van der Waals surface area contributed by atoms with Crippen molar-refractivity contribution < 1.29 is 15.3 Å². The van der Waals surface area contributed by atoms with Crippen molar-refractivity contribution in [2.45, 2.75) is 186 Å². The molecule has 3 unspecified atom stereocenters. The largest absolute Gasteiger partial charge is 0.395 e. The van der Waals surface area contributed by atoms with Crippen LogP contribution < -0.4 is 5.73 Å². The summed E-state index contributed by atoms with van der Waals surface area (Å²) >= 11 is 0. The number of aliphatic hydroxyl groups is 3. The van der Waals surface area contributed by atoms with Crippen molar-refractivity contribution in [3.8, 4) is 0 Å². The molecule has 0 saturated carbocycles. The predicted octanol–water partition coefficient (Wildman–Crippen LogP) is 7.80. The zero-order chi connectivity index (χ0) is 25.1. The highest BCUT2D eigenvalue weighted by molar-refractivity contribution is 4.77. The first-order chi connectivity index (χ1) is 16.6. The van der Waals surface area contributed by atoms with Crippen molar-refractivity contribution in [2.75, 3.05) is 6.61 Å². The molecule has 206 valence electrons. The molecule has 0 aromatic rings. The van der Waals surface area contributed by atoms with E-state index in [1.807, 2.05) is 0 Å². The van der Waals surface area contributed by atoms with E-state index < -0.39 is 18.2 Å². The molecule has 0 aromatic carbocycles. The van der Waals surface area contributed by atoms with Gasteiger partial charge in [-0.15, -0.1) is 0 Å². The van der Waals surface area contributed by atoms with Gasteiger partial charge in [0.25, 0.3) is 0 Å². The molecule has 0 amide bonds. The third kappa shape index (κ3) is 23.6. The van der Waals surface area contributed by atoms with Gasteiger partial charge in [-0.25, -0.2) is 0 Å². The lowest BCUT2D eigenvalue weighted by Gasteiger charge is -2.22. The SMILES string of the molecule is CCCCCCCCCCCCCCCCCCCCCCCCCCC(O)C(O)C(N)CO. The Morgan fingerprint density at radius 3 is 1.00 bits per heavy atom. The summed E-state index contributed by atoms with van der Waals surface area (Å²) in [5.41, 5.74) is 5.55. The minimum absolute atomic E-state index is 0.294. The van der Waals surface area contributed by atoms with Gasteiger partial charge in [-0.2, -0.15) is 0 Å². The lowest BCUT2D eigenvalue weighted by atomic mass is 10.00. The highest BCUT2D eigenvalue weighted by atomic mass is 16.3. The Morgan fingerprint density at radius 1 is 0.471 bits per heavy atom. The Labute approximate surface area is 213 Å². The molecule has 0 saturated heterocycles. The highest BCUT2D eigenvalue weighted by Crippen LogP contribution is 2.16. The Bertz CT molecular complexity index is 380. The quantitative estimate of drug-likeness (QED) is 0.0851. The fourth-order valence-corrected chi connectivity index (χ4v) is 4.88. The van der Waals surface area contributed by atoms with Gasteiger partial charge < -0.3 is 21.1 Å². The lowest BCUT2D eigenvalue weighted by molar-refractivity contribution is -0.0121. The summed E-state index contributed by atoms with van der Waals surface area (Å²) in [6.07, 6.45) is 31.7. The monoisotopic (exact) mass is 485 g/mol. The van der Waals surface area contributed by atoms with Crippen LogP contribution in [0.15, 0.2) is 0 Å². The van der Waals surface area contributed by atoms with Crippen LogP contribution in [0.5, 0.6) is 0 Å². The molecule has 0 heterocycles. The summed E-state index contributed by atoms with van der Waals surface area (Å²) in [5, 5.41) is 28.5. The molecule has 0 aromatic heterocycles. The van der Waals surface area contributed by atoms with E-state index >= 15 is 0 Å². The van der Waals surface area contributed by atoms with Gasteiger partial charge in [0.15, 0.2) is 0 Å². The molecule has 0 fully saturated rings. The second-order valence-corrected chi connectivity index (χ2v) is 10.8. The zero-order valence-corrected chi connectivity index (χ0v) is 23.0. The molecule has 0 aliphatic rings. The molecule has 4 heteroatoms. The molecule has 5 N–H and O–H groups in total. The predicted molar refractivity (Wildman–Crippen MR) is 148 cm³/mol. The van der Waals surface area contributed by atoms with Crippen LogP contribution in [0.25, 0.3) is 0 Å². The molecular weight excluding hydrogens is 422 g/mol. The number of hydrogen-bond donors (Lipinski definition) is 4. The van der Waals surface area contributed by atoms with Crippen LogP contribution in [0.4, 0.5) is 0 Å². The molecule has 34 heavy (non-hydrogen) atoms. The van der Waals surface area contributed by atoms with Crippen LogP contribution in [0.2, 0.25) is 0 Å². The Kier molecular flexibility index (Phi) is 27.3. The number of rotatable bonds is 28. The second-order valence-electron chi connectivity index (χ2n) is 10.8. The van der Waals surface area contributed by atoms with Crippen LogP contribution >= 0.6 is 0 Å². The Balaban J connectivity index is 3.14. The molecule has 3 atom stereocenters. The van der Waals surface area contributed by atoms with Gasteiger partial charge in [-0.3, -0.25) is 0 Å². The molecule has 0 rings (SSSR count). The Hall–Kier alpha value is -0.160. The third-order valence-electron chi connectivity index (χ3n) is 7.40. The van der Waals surface area contributed by atoms with Crippen LogP contribution in [0.3, 0.4) is 0 Å². The minimum Gasteiger partial charge on any atom is -0.395 e. The molecule has 0 radical (unpaired) electrons. The first-order valence-corrected chi connectivity index (χ1v) is 15.4. The molecule has 0 aliphatic carbocycles. The summed E-state index contributed by atoms with van der Waals surface area (Å²) in [6.45, 7) is 2.00. The van der Waals surface area contributed by atoms with Crippen LogP contribution in [0.1, 0.15) is 167 Å². The van der Waals surface area contributed by atoms with E-state index in [0.717, 1.165) is 12.8 Å². The van der Waals surface area contributed by atoms with E-state index in [1.54, 1.807) is 0 Å².